The first-order chi connectivity index (χ1) is 11.7. The molecule has 1 N–H and O–H groups in total. The third-order valence-electron chi connectivity index (χ3n) is 4.79. The van der Waals surface area contributed by atoms with E-state index < -0.39 is 0 Å². The van der Waals surface area contributed by atoms with Crippen molar-refractivity contribution in [3.63, 3.8) is 0 Å². The molecule has 128 valence electrons. The van der Waals surface area contributed by atoms with Crippen LogP contribution >= 0.6 is 12.6 Å². The lowest BCUT2D eigenvalue weighted by atomic mass is 9.83. The highest BCUT2D eigenvalue weighted by Crippen LogP contribution is 2.41. The molecule has 0 bridgehead atoms. The summed E-state index contributed by atoms with van der Waals surface area (Å²) >= 11 is 4.46. The van der Waals surface area contributed by atoms with Gasteiger partial charge in [0.15, 0.2) is 0 Å². The van der Waals surface area contributed by atoms with Crippen molar-refractivity contribution in [3.8, 4) is 0 Å². The van der Waals surface area contributed by atoms with Gasteiger partial charge in [0.1, 0.15) is 0 Å². The highest BCUT2D eigenvalue weighted by molar-refractivity contribution is 7.80. The Balaban J connectivity index is 2.01. The normalized spacial score (nSPS) is 19.8. The first-order valence-corrected chi connectivity index (χ1v) is 9.52. The average molecular weight is 342 g/mol. The van der Waals surface area contributed by atoms with Gasteiger partial charge in [-0.25, -0.2) is 4.98 Å². The molecule has 1 heterocycles. The topological polar surface area (TPSA) is 29.9 Å². The number of allylic oxidation sites excluding steroid dienone is 2. The quantitative estimate of drug-likeness (QED) is 0.536. The average Bonchev–Trinajstić information content (AvgIpc) is 2.93. The van der Waals surface area contributed by atoms with Crippen molar-refractivity contribution in [2.24, 2.45) is 0 Å². The zero-order valence-electron chi connectivity index (χ0n) is 14.8. The molecule has 0 amide bonds. The maximum Gasteiger partial charge on any atom is 0.207 e. The summed E-state index contributed by atoms with van der Waals surface area (Å²) in [6.45, 7) is 7.68. The van der Waals surface area contributed by atoms with Gasteiger partial charge in [-0.15, -0.1) is 0 Å². The zero-order chi connectivity index (χ0) is 17.1. The van der Waals surface area contributed by atoms with Crippen LogP contribution in [0.2, 0.25) is 0 Å². The number of fused-ring (bicyclic) bond motifs is 1. The molecule has 3 rings (SSSR count). The number of hydrogen-bond donors (Lipinski definition) is 2. The summed E-state index contributed by atoms with van der Waals surface area (Å²) in [5.41, 5.74) is 5.17. The van der Waals surface area contributed by atoms with E-state index in [1.165, 1.54) is 23.4 Å². The van der Waals surface area contributed by atoms with Crippen LogP contribution in [0.3, 0.4) is 0 Å². The van der Waals surface area contributed by atoms with Crippen molar-refractivity contribution >= 4 is 24.3 Å². The lowest BCUT2D eigenvalue weighted by Gasteiger charge is -2.25. The fourth-order valence-corrected chi connectivity index (χ4v) is 3.86. The van der Waals surface area contributed by atoms with Crippen molar-refractivity contribution in [2.75, 3.05) is 11.1 Å². The molecule has 1 aliphatic carbocycles. The van der Waals surface area contributed by atoms with Crippen molar-refractivity contribution < 1.29 is 0 Å². The van der Waals surface area contributed by atoms with Crippen LogP contribution in [0.25, 0.3) is 0 Å². The van der Waals surface area contributed by atoms with E-state index in [1.807, 2.05) is 18.2 Å². The Morgan fingerprint density at radius 1 is 1.21 bits per heavy atom. The minimum absolute atomic E-state index is 0.397. The lowest BCUT2D eigenvalue weighted by Crippen LogP contribution is -2.15. The van der Waals surface area contributed by atoms with E-state index in [0.717, 1.165) is 30.4 Å². The molecule has 0 aliphatic heterocycles. The fraction of sp³-hybridized carbons (Fsp3) is 0.450. The molecule has 1 aromatic carbocycles. The fourth-order valence-electron chi connectivity index (χ4n) is 3.66. The maximum absolute atomic E-state index is 5.01. The lowest BCUT2D eigenvalue weighted by molar-refractivity contribution is 0.655. The number of anilines is 2. The Labute approximate surface area is 150 Å². The van der Waals surface area contributed by atoms with Gasteiger partial charge >= 0.3 is 0 Å². The summed E-state index contributed by atoms with van der Waals surface area (Å²) in [5.74, 6) is 2.54. The number of aromatic nitrogens is 2. The van der Waals surface area contributed by atoms with Crippen molar-refractivity contribution in [1.82, 2.24) is 9.55 Å². The first kappa shape index (κ1) is 17.2. The zero-order valence-corrected chi connectivity index (χ0v) is 15.7. The summed E-state index contributed by atoms with van der Waals surface area (Å²) in [5, 5.41) is 3.50. The maximum atomic E-state index is 5.01. The van der Waals surface area contributed by atoms with Crippen molar-refractivity contribution in [1.29, 1.82) is 0 Å². The largest absolute Gasteiger partial charge is 0.326 e. The number of thiol groups is 1. The Morgan fingerprint density at radius 2 is 1.96 bits per heavy atom. The molecular weight excluding hydrogens is 314 g/mol. The smallest absolute Gasteiger partial charge is 0.207 e. The van der Waals surface area contributed by atoms with Gasteiger partial charge in [-0.2, -0.15) is 12.6 Å². The molecule has 1 aliphatic rings. The molecule has 24 heavy (non-hydrogen) atoms. The van der Waals surface area contributed by atoms with Crippen LogP contribution in [0.5, 0.6) is 0 Å². The Kier molecular flexibility index (Phi) is 5.34. The SMILES string of the molecule is CCCC1=CC(C)c2c(nc(Nc3ccccc3)n2CCS)C1C. The van der Waals surface area contributed by atoms with Gasteiger partial charge < -0.3 is 9.88 Å². The molecule has 2 unspecified atom stereocenters. The Morgan fingerprint density at radius 3 is 2.62 bits per heavy atom. The Bertz CT molecular complexity index is 718. The number of benzene rings is 1. The molecule has 2 aromatic rings. The van der Waals surface area contributed by atoms with E-state index in [-0.39, 0.29) is 0 Å². The molecule has 0 saturated carbocycles. The van der Waals surface area contributed by atoms with E-state index in [2.05, 4.69) is 61.5 Å². The predicted molar refractivity (Wildman–Crippen MR) is 106 cm³/mol. The number of nitrogens with one attached hydrogen (secondary N) is 1. The molecular formula is C20H27N3S. The van der Waals surface area contributed by atoms with Gasteiger partial charge in [-0.05, 0) is 18.6 Å². The number of hydrogen-bond acceptors (Lipinski definition) is 3. The summed E-state index contributed by atoms with van der Waals surface area (Å²) in [7, 11) is 0. The van der Waals surface area contributed by atoms with Gasteiger partial charge in [0.25, 0.3) is 0 Å². The van der Waals surface area contributed by atoms with Crippen LogP contribution in [-0.4, -0.2) is 15.3 Å². The number of para-hydroxylation sites is 1. The molecule has 4 heteroatoms. The van der Waals surface area contributed by atoms with Gasteiger partial charge in [0.2, 0.25) is 5.95 Å². The van der Waals surface area contributed by atoms with E-state index in [4.69, 9.17) is 4.98 Å². The standard InChI is InChI=1S/C20H27N3S/c1-4-8-16-13-14(2)19-18(15(16)3)22-20(23(19)11-12-24)21-17-9-6-5-7-10-17/h5-7,9-10,13-15,24H,4,8,11-12H2,1-3H3,(H,21,22). The molecule has 2 atom stereocenters. The molecule has 3 nitrogen and oxygen atoms in total. The van der Waals surface area contributed by atoms with E-state index in [1.54, 1.807) is 0 Å². The minimum Gasteiger partial charge on any atom is -0.326 e. The van der Waals surface area contributed by atoms with E-state index >= 15 is 0 Å². The third kappa shape index (κ3) is 3.25. The van der Waals surface area contributed by atoms with Crippen LogP contribution < -0.4 is 5.32 Å². The van der Waals surface area contributed by atoms with Crippen molar-refractivity contribution in [2.45, 2.75) is 52.0 Å². The molecule has 0 spiro atoms. The summed E-state index contributed by atoms with van der Waals surface area (Å²) < 4.78 is 2.32. The van der Waals surface area contributed by atoms with Crippen LogP contribution in [-0.2, 0) is 6.54 Å². The molecule has 0 fully saturated rings. The van der Waals surface area contributed by atoms with Crippen LogP contribution in [0.15, 0.2) is 42.0 Å². The van der Waals surface area contributed by atoms with Crippen LogP contribution in [0.4, 0.5) is 11.6 Å². The second kappa shape index (κ2) is 7.47. The van der Waals surface area contributed by atoms with Crippen LogP contribution in [0.1, 0.15) is 56.8 Å². The van der Waals surface area contributed by atoms with Gasteiger partial charge in [0, 0.05) is 35.5 Å². The van der Waals surface area contributed by atoms with Gasteiger partial charge in [-0.1, -0.05) is 57.0 Å². The van der Waals surface area contributed by atoms with Gasteiger partial charge in [0.05, 0.1) is 5.69 Å². The summed E-state index contributed by atoms with van der Waals surface area (Å²) in [6, 6.07) is 10.3. The number of imidazole rings is 1. The second-order valence-electron chi connectivity index (χ2n) is 6.57. The highest BCUT2D eigenvalue weighted by Gasteiger charge is 2.29. The highest BCUT2D eigenvalue weighted by atomic mass is 32.1. The minimum atomic E-state index is 0.397. The molecule has 0 radical (unpaired) electrons. The first-order valence-electron chi connectivity index (χ1n) is 8.89. The van der Waals surface area contributed by atoms with Crippen molar-refractivity contribution in [3.05, 3.63) is 53.4 Å². The van der Waals surface area contributed by atoms with Gasteiger partial charge in [-0.3, -0.25) is 0 Å². The Hall–Kier alpha value is -1.68. The van der Waals surface area contributed by atoms with E-state index in [0.29, 0.717) is 11.8 Å². The molecule has 1 aromatic heterocycles. The monoisotopic (exact) mass is 341 g/mol. The molecule has 0 saturated heterocycles. The van der Waals surface area contributed by atoms with Crippen LogP contribution in [0, 0.1) is 0 Å². The third-order valence-corrected chi connectivity index (χ3v) is 4.99. The number of rotatable bonds is 6. The van der Waals surface area contributed by atoms with E-state index in [9.17, 15) is 0 Å². The second-order valence-corrected chi connectivity index (χ2v) is 7.02. The summed E-state index contributed by atoms with van der Waals surface area (Å²) in [4.78, 5) is 5.01. The number of nitrogens with zero attached hydrogens (tertiary/aromatic N) is 2. The predicted octanol–water partition coefficient (Wildman–Crippen LogP) is 5.50. The summed E-state index contributed by atoms with van der Waals surface area (Å²) in [6.07, 6.45) is 4.79.